The Labute approximate surface area is 90.3 Å². The average molecular weight is 210 g/mol. The summed E-state index contributed by atoms with van der Waals surface area (Å²) in [6, 6.07) is 0. The van der Waals surface area contributed by atoms with Gasteiger partial charge in [0.1, 0.15) is 5.69 Å². The van der Waals surface area contributed by atoms with Crippen molar-refractivity contribution in [3.05, 3.63) is 18.2 Å². The molecular weight excluding hydrogens is 192 g/mol. The lowest BCUT2D eigenvalue weighted by Gasteiger charge is -2.07. The number of rotatable bonds is 7. The number of nitrogens with zero attached hydrogens (tertiary/aromatic N) is 2. The number of aromatic nitrogens is 2. The van der Waals surface area contributed by atoms with E-state index in [4.69, 9.17) is 4.74 Å². The minimum atomic E-state index is 0.573. The van der Waals surface area contributed by atoms with Gasteiger partial charge in [0.15, 0.2) is 6.29 Å². The smallest absolute Gasteiger partial charge is 0.168 e. The van der Waals surface area contributed by atoms with Crippen molar-refractivity contribution in [1.29, 1.82) is 0 Å². The molecule has 0 saturated heterocycles. The van der Waals surface area contributed by atoms with E-state index in [-0.39, 0.29) is 0 Å². The number of hydrogen-bond donors (Lipinski definition) is 0. The predicted octanol–water partition coefficient (Wildman–Crippen LogP) is 1.76. The molecule has 0 aliphatic carbocycles. The van der Waals surface area contributed by atoms with Crippen molar-refractivity contribution in [1.82, 2.24) is 9.55 Å². The summed E-state index contributed by atoms with van der Waals surface area (Å²) >= 11 is 0. The van der Waals surface area contributed by atoms with Crippen molar-refractivity contribution in [2.75, 3.05) is 13.2 Å². The van der Waals surface area contributed by atoms with Crippen LogP contribution in [-0.2, 0) is 11.3 Å². The zero-order valence-corrected chi connectivity index (χ0v) is 9.35. The summed E-state index contributed by atoms with van der Waals surface area (Å²) in [7, 11) is 0. The third kappa shape index (κ3) is 4.25. The first-order valence-corrected chi connectivity index (χ1v) is 5.27. The minimum Gasteiger partial charge on any atom is -0.381 e. The van der Waals surface area contributed by atoms with E-state index in [0.29, 0.717) is 11.6 Å². The molecular formula is C11H18N2O2. The molecule has 0 aromatic carbocycles. The van der Waals surface area contributed by atoms with Crippen LogP contribution in [0, 0.1) is 5.92 Å². The van der Waals surface area contributed by atoms with Crippen molar-refractivity contribution >= 4 is 6.29 Å². The summed E-state index contributed by atoms with van der Waals surface area (Å²) in [6.45, 7) is 6.56. The number of aldehydes is 1. The monoisotopic (exact) mass is 210 g/mol. The second kappa shape index (κ2) is 6.35. The maximum atomic E-state index is 10.6. The van der Waals surface area contributed by atoms with Crippen LogP contribution in [0.3, 0.4) is 0 Å². The lowest BCUT2D eigenvalue weighted by molar-refractivity contribution is 0.104. The van der Waals surface area contributed by atoms with Gasteiger partial charge in [-0.25, -0.2) is 4.98 Å². The molecule has 1 aromatic heterocycles. The van der Waals surface area contributed by atoms with Crippen molar-refractivity contribution in [2.24, 2.45) is 5.92 Å². The van der Waals surface area contributed by atoms with Crippen molar-refractivity contribution in [3.63, 3.8) is 0 Å². The summed E-state index contributed by atoms with van der Waals surface area (Å²) in [4.78, 5) is 14.5. The normalized spacial score (nSPS) is 10.9. The molecule has 0 atom stereocenters. The molecule has 84 valence electrons. The van der Waals surface area contributed by atoms with Gasteiger partial charge in [0.2, 0.25) is 0 Å². The topological polar surface area (TPSA) is 44.1 Å². The SMILES string of the molecule is CC(C)COCCCn1cncc1C=O. The standard InChI is InChI=1S/C11H18N2O2/c1-10(2)8-15-5-3-4-13-9-12-6-11(13)7-14/h6-7,9-10H,3-5,8H2,1-2H3. The quantitative estimate of drug-likeness (QED) is 0.509. The van der Waals surface area contributed by atoms with Gasteiger partial charge >= 0.3 is 0 Å². The third-order valence-electron chi connectivity index (χ3n) is 2.00. The molecule has 0 aliphatic heterocycles. The Balaban J connectivity index is 2.17. The van der Waals surface area contributed by atoms with Crippen LogP contribution in [-0.4, -0.2) is 29.1 Å². The molecule has 0 unspecified atom stereocenters. The lowest BCUT2D eigenvalue weighted by atomic mass is 10.2. The number of hydrogen-bond acceptors (Lipinski definition) is 3. The highest BCUT2D eigenvalue weighted by atomic mass is 16.5. The van der Waals surface area contributed by atoms with Gasteiger partial charge in [0.25, 0.3) is 0 Å². The zero-order valence-electron chi connectivity index (χ0n) is 9.35. The molecule has 1 rings (SSSR count). The van der Waals surface area contributed by atoms with Crippen LogP contribution >= 0.6 is 0 Å². The molecule has 0 N–H and O–H groups in total. The predicted molar refractivity (Wildman–Crippen MR) is 57.9 cm³/mol. The van der Waals surface area contributed by atoms with E-state index in [1.165, 1.54) is 0 Å². The summed E-state index contributed by atoms with van der Waals surface area (Å²) in [6.07, 6.45) is 4.97. The third-order valence-corrected chi connectivity index (χ3v) is 2.00. The highest BCUT2D eigenvalue weighted by Gasteiger charge is 1.99. The Bertz CT molecular complexity index is 295. The number of aryl methyl sites for hydroxylation is 1. The van der Waals surface area contributed by atoms with Crippen LogP contribution in [0.1, 0.15) is 30.8 Å². The largest absolute Gasteiger partial charge is 0.381 e. The highest BCUT2D eigenvalue weighted by molar-refractivity contribution is 5.71. The second-order valence-electron chi connectivity index (χ2n) is 3.95. The van der Waals surface area contributed by atoms with Gasteiger partial charge < -0.3 is 9.30 Å². The molecule has 0 spiro atoms. The second-order valence-corrected chi connectivity index (χ2v) is 3.95. The number of imidazole rings is 1. The fourth-order valence-corrected chi connectivity index (χ4v) is 1.27. The van der Waals surface area contributed by atoms with Crippen LogP contribution in [0.25, 0.3) is 0 Å². The Morgan fingerprint density at radius 1 is 1.60 bits per heavy atom. The summed E-state index contributed by atoms with van der Waals surface area (Å²) in [5, 5.41) is 0. The summed E-state index contributed by atoms with van der Waals surface area (Å²) in [5.74, 6) is 0.573. The maximum Gasteiger partial charge on any atom is 0.168 e. The van der Waals surface area contributed by atoms with Crippen molar-refractivity contribution < 1.29 is 9.53 Å². The minimum absolute atomic E-state index is 0.573. The Morgan fingerprint density at radius 2 is 2.40 bits per heavy atom. The first kappa shape index (κ1) is 11.9. The van der Waals surface area contributed by atoms with Crippen LogP contribution in [0.2, 0.25) is 0 Å². The molecule has 0 radical (unpaired) electrons. The van der Waals surface area contributed by atoms with Crippen LogP contribution in [0.15, 0.2) is 12.5 Å². The van der Waals surface area contributed by atoms with E-state index in [9.17, 15) is 4.79 Å². The Hall–Kier alpha value is -1.16. The lowest BCUT2D eigenvalue weighted by Crippen LogP contribution is -2.07. The fraction of sp³-hybridized carbons (Fsp3) is 0.636. The van der Waals surface area contributed by atoms with Gasteiger partial charge in [-0.15, -0.1) is 0 Å². The van der Waals surface area contributed by atoms with E-state index in [1.54, 1.807) is 12.5 Å². The first-order valence-electron chi connectivity index (χ1n) is 5.27. The number of ether oxygens (including phenoxy) is 1. The Kier molecular flexibility index (Phi) is 5.04. The van der Waals surface area contributed by atoms with Gasteiger partial charge in [0, 0.05) is 19.8 Å². The number of carbonyl (C=O) groups excluding carboxylic acids is 1. The zero-order chi connectivity index (χ0) is 11.1. The van der Waals surface area contributed by atoms with E-state index in [2.05, 4.69) is 18.8 Å². The molecule has 0 amide bonds. The molecule has 4 nitrogen and oxygen atoms in total. The summed E-state index contributed by atoms with van der Waals surface area (Å²) < 4.78 is 7.28. The van der Waals surface area contributed by atoms with Gasteiger partial charge in [-0.3, -0.25) is 4.79 Å². The van der Waals surface area contributed by atoms with E-state index >= 15 is 0 Å². The number of carbonyl (C=O) groups is 1. The maximum absolute atomic E-state index is 10.6. The molecule has 1 aromatic rings. The molecule has 0 bridgehead atoms. The van der Waals surface area contributed by atoms with E-state index in [1.807, 2.05) is 4.57 Å². The molecule has 0 aliphatic rings. The summed E-state index contributed by atoms with van der Waals surface area (Å²) in [5.41, 5.74) is 0.624. The van der Waals surface area contributed by atoms with Crippen LogP contribution in [0.5, 0.6) is 0 Å². The van der Waals surface area contributed by atoms with Gasteiger partial charge in [0.05, 0.1) is 12.5 Å². The highest BCUT2D eigenvalue weighted by Crippen LogP contribution is 1.99. The van der Waals surface area contributed by atoms with Crippen molar-refractivity contribution in [3.8, 4) is 0 Å². The first-order chi connectivity index (χ1) is 7.24. The molecule has 4 heteroatoms. The van der Waals surface area contributed by atoms with Gasteiger partial charge in [-0.05, 0) is 12.3 Å². The molecule has 15 heavy (non-hydrogen) atoms. The van der Waals surface area contributed by atoms with Gasteiger partial charge in [-0.2, -0.15) is 0 Å². The van der Waals surface area contributed by atoms with Crippen molar-refractivity contribution in [2.45, 2.75) is 26.8 Å². The van der Waals surface area contributed by atoms with Crippen LogP contribution in [0.4, 0.5) is 0 Å². The van der Waals surface area contributed by atoms with Gasteiger partial charge in [-0.1, -0.05) is 13.8 Å². The van der Waals surface area contributed by atoms with E-state index in [0.717, 1.165) is 32.5 Å². The average Bonchev–Trinajstić information content (AvgIpc) is 2.64. The van der Waals surface area contributed by atoms with E-state index < -0.39 is 0 Å². The Morgan fingerprint density at radius 3 is 3.07 bits per heavy atom. The molecule has 1 heterocycles. The molecule has 0 saturated carbocycles. The fourth-order valence-electron chi connectivity index (χ4n) is 1.27. The van der Waals surface area contributed by atoms with Crippen LogP contribution < -0.4 is 0 Å². The molecule has 0 fully saturated rings.